The number of rotatable bonds is 6. The summed E-state index contributed by atoms with van der Waals surface area (Å²) in [7, 11) is 1.50. The predicted molar refractivity (Wildman–Crippen MR) is 118 cm³/mol. The van der Waals surface area contributed by atoms with Crippen molar-refractivity contribution >= 4 is 29.5 Å². The van der Waals surface area contributed by atoms with Crippen molar-refractivity contribution in [3.63, 3.8) is 0 Å². The smallest absolute Gasteiger partial charge is 0.263 e. The molecule has 154 valence electrons. The number of carbonyl (C=O) groups excluding carboxylic acids is 3. The highest BCUT2D eigenvalue weighted by Gasteiger charge is 2.37. The van der Waals surface area contributed by atoms with Gasteiger partial charge in [0, 0.05) is 6.08 Å². The highest BCUT2D eigenvalue weighted by molar-refractivity contribution is 6.21. The molecular weight excluding hydrogens is 392 g/mol. The molecule has 0 saturated heterocycles. The summed E-state index contributed by atoms with van der Waals surface area (Å²) in [5.41, 5.74) is 1.99. The average molecular weight is 412 g/mol. The third kappa shape index (κ3) is 3.96. The van der Waals surface area contributed by atoms with Gasteiger partial charge in [-0.25, -0.2) is 0 Å². The number of para-hydroxylation sites is 2. The quantitative estimate of drug-likeness (QED) is 0.454. The van der Waals surface area contributed by atoms with Crippen LogP contribution in [0.2, 0.25) is 0 Å². The highest BCUT2D eigenvalue weighted by Crippen LogP contribution is 2.30. The molecule has 0 saturated carbocycles. The Bertz CT molecular complexity index is 1140. The van der Waals surface area contributed by atoms with E-state index in [9.17, 15) is 14.4 Å². The number of amides is 3. The second kappa shape index (κ2) is 8.67. The van der Waals surface area contributed by atoms with Crippen molar-refractivity contribution in [3.8, 4) is 5.75 Å². The first kappa shape index (κ1) is 20.1. The minimum Gasteiger partial charge on any atom is -0.495 e. The summed E-state index contributed by atoms with van der Waals surface area (Å²) in [6.45, 7) is -0.231. The van der Waals surface area contributed by atoms with Gasteiger partial charge >= 0.3 is 0 Å². The summed E-state index contributed by atoms with van der Waals surface area (Å²) in [5.74, 6) is -0.786. The summed E-state index contributed by atoms with van der Waals surface area (Å²) in [6, 6.07) is 23.0. The molecule has 0 aliphatic carbocycles. The summed E-state index contributed by atoms with van der Waals surface area (Å²) in [5, 5.41) is 0. The molecule has 0 fully saturated rings. The monoisotopic (exact) mass is 412 g/mol. The van der Waals surface area contributed by atoms with Gasteiger partial charge in [-0.15, -0.1) is 0 Å². The zero-order valence-electron chi connectivity index (χ0n) is 16.9. The number of anilines is 1. The number of hydrogen-bond donors (Lipinski definition) is 0. The van der Waals surface area contributed by atoms with Crippen LogP contribution >= 0.6 is 0 Å². The molecule has 4 rings (SSSR count). The fourth-order valence-electron chi connectivity index (χ4n) is 3.45. The summed E-state index contributed by atoms with van der Waals surface area (Å²) in [4.78, 5) is 41.3. The number of carbonyl (C=O) groups is 3. The predicted octanol–water partition coefficient (Wildman–Crippen LogP) is 4.00. The van der Waals surface area contributed by atoms with Crippen molar-refractivity contribution in [2.45, 2.75) is 0 Å². The molecule has 0 spiro atoms. The lowest BCUT2D eigenvalue weighted by molar-refractivity contribution is -0.114. The SMILES string of the molecule is COc1ccccc1N(CN1C(=O)c2ccccc2C1=O)C(=O)C=Cc1ccccc1. The van der Waals surface area contributed by atoms with Crippen LogP contribution in [0.5, 0.6) is 5.75 Å². The summed E-state index contributed by atoms with van der Waals surface area (Å²) in [6.07, 6.45) is 3.10. The molecule has 3 amide bonds. The molecule has 3 aromatic carbocycles. The Morgan fingerprint density at radius 1 is 0.871 bits per heavy atom. The Morgan fingerprint density at radius 3 is 2.10 bits per heavy atom. The van der Waals surface area contributed by atoms with E-state index in [1.165, 1.54) is 18.1 Å². The van der Waals surface area contributed by atoms with Gasteiger partial charge in [0.05, 0.1) is 23.9 Å². The van der Waals surface area contributed by atoms with E-state index in [-0.39, 0.29) is 12.6 Å². The average Bonchev–Trinajstić information content (AvgIpc) is 3.06. The van der Waals surface area contributed by atoms with Gasteiger partial charge in [0.15, 0.2) is 0 Å². The first-order valence-corrected chi connectivity index (χ1v) is 9.73. The van der Waals surface area contributed by atoms with Crippen molar-refractivity contribution in [1.82, 2.24) is 4.90 Å². The molecule has 1 aliphatic heterocycles. The van der Waals surface area contributed by atoms with E-state index in [2.05, 4.69) is 0 Å². The van der Waals surface area contributed by atoms with Crippen LogP contribution in [0.1, 0.15) is 26.3 Å². The normalized spacial score (nSPS) is 12.9. The molecule has 0 bridgehead atoms. The van der Waals surface area contributed by atoms with Crippen LogP contribution in [-0.2, 0) is 4.79 Å². The van der Waals surface area contributed by atoms with Crippen LogP contribution in [0.25, 0.3) is 6.08 Å². The van der Waals surface area contributed by atoms with Crippen LogP contribution in [0.3, 0.4) is 0 Å². The zero-order valence-corrected chi connectivity index (χ0v) is 16.9. The van der Waals surface area contributed by atoms with Gasteiger partial charge in [0.1, 0.15) is 12.4 Å². The maximum absolute atomic E-state index is 13.2. The Kier molecular flexibility index (Phi) is 5.62. The lowest BCUT2D eigenvalue weighted by atomic mass is 10.1. The Morgan fingerprint density at radius 2 is 1.45 bits per heavy atom. The van der Waals surface area contributed by atoms with Crippen LogP contribution in [-0.4, -0.2) is 36.4 Å². The molecule has 0 unspecified atom stereocenters. The zero-order chi connectivity index (χ0) is 21.8. The summed E-state index contributed by atoms with van der Waals surface area (Å²) < 4.78 is 5.41. The van der Waals surface area contributed by atoms with Crippen molar-refractivity contribution in [2.24, 2.45) is 0 Å². The minimum absolute atomic E-state index is 0.231. The highest BCUT2D eigenvalue weighted by atomic mass is 16.5. The second-order valence-electron chi connectivity index (χ2n) is 6.91. The summed E-state index contributed by atoms with van der Waals surface area (Å²) >= 11 is 0. The lowest BCUT2D eigenvalue weighted by Crippen LogP contribution is -2.44. The number of fused-ring (bicyclic) bond motifs is 1. The lowest BCUT2D eigenvalue weighted by Gasteiger charge is -2.27. The van der Waals surface area contributed by atoms with E-state index >= 15 is 0 Å². The number of methoxy groups -OCH3 is 1. The maximum Gasteiger partial charge on any atom is 0.263 e. The fourth-order valence-corrected chi connectivity index (χ4v) is 3.45. The molecule has 1 aliphatic rings. The van der Waals surface area contributed by atoms with Crippen molar-refractivity contribution in [3.05, 3.63) is 102 Å². The van der Waals surface area contributed by atoms with Gasteiger partial charge < -0.3 is 4.74 Å². The molecule has 0 aromatic heterocycles. The number of ether oxygens (including phenoxy) is 1. The second-order valence-corrected chi connectivity index (χ2v) is 6.91. The van der Waals surface area contributed by atoms with E-state index in [0.717, 1.165) is 10.5 Å². The third-order valence-corrected chi connectivity index (χ3v) is 5.02. The minimum atomic E-state index is -0.430. The van der Waals surface area contributed by atoms with Crippen LogP contribution in [0, 0.1) is 0 Å². The molecule has 0 N–H and O–H groups in total. The van der Waals surface area contributed by atoms with Gasteiger partial charge in [0.2, 0.25) is 0 Å². The van der Waals surface area contributed by atoms with Crippen LogP contribution < -0.4 is 9.64 Å². The van der Waals surface area contributed by atoms with Crippen molar-refractivity contribution in [1.29, 1.82) is 0 Å². The van der Waals surface area contributed by atoms with E-state index in [4.69, 9.17) is 4.74 Å². The van der Waals surface area contributed by atoms with Crippen molar-refractivity contribution < 1.29 is 19.1 Å². The number of hydrogen-bond acceptors (Lipinski definition) is 4. The molecule has 3 aromatic rings. The van der Waals surface area contributed by atoms with E-state index < -0.39 is 11.8 Å². The topological polar surface area (TPSA) is 66.9 Å². The van der Waals surface area contributed by atoms with Crippen LogP contribution in [0.15, 0.2) is 84.9 Å². The van der Waals surface area contributed by atoms with E-state index in [0.29, 0.717) is 22.6 Å². The molecular formula is C25H20N2O4. The molecule has 6 nitrogen and oxygen atoms in total. The first-order valence-electron chi connectivity index (χ1n) is 9.73. The number of nitrogens with zero attached hydrogens (tertiary/aromatic N) is 2. The molecule has 1 heterocycles. The third-order valence-electron chi connectivity index (χ3n) is 5.02. The standard InChI is InChI=1S/C25H20N2O4/c1-31-22-14-8-7-13-21(22)26(23(28)16-15-18-9-3-2-4-10-18)17-27-24(29)19-11-5-6-12-20(19)25(27)30/h2-16H,17H2,1H3. The first-order chi connectivity index (χ1) is 15.1. The molecule has 0 atom stereocenters. The van der Waals surface area contributed by atoms with Crippen LogP contribution in [0.4, 0.5) is 5.69 Å². The number of benzene rings is 3. The molecule has 6 heteroatoms. The van der Waals surface area contributed by atoms with Gasteiger partial charge in [-0.2, -0.15) is 0 Å². The van der Waals surface area contributed by atoms with Crippen molar-refractivity contribution in [2.75, 3.05) is 18.7 Å². The largest absolute Gasteiger partial charge is 0.495 e. The van der Waals surface area contributed by atoms with Gasteiger partial charge in [0.25, 0.3) is 17.7 Å². The molecule has 31 heavy (non-hydrogen) atoms. The maximum atomic E-state index is 13.2. The van der Waals surface area contributed by atoms with Gasteiger partial charge in [-0.05, 0) is 35.9 Å². The molecule has 0 radical (unpaired) electrons. The van der Waals surface area contributed by atoms with E-state index in [1.807, 2.05) is 30.3 Å². The Balaban J connectivity index is 1.68. The van der Waals surface area contributed by atoms with Gasteiger partial charge in [-0.1, -0.05) is 54.6 Å². The number of imide groups is 1. The Hall–Kier alpha value is -4.19. The van der Waals surface area contributed by atoms with E-state index in [1.54, 1.807) is 54.6 Å². The Labute approximate surface area is 180 Å². The fraction of sp³-hybridized carbons (Fsp3) is 0.0800. The van der Waals surface area contributed by atoms with Gasteiger partial charge in [-0.3, -0.25) is 24.2 Å².